The minimum Gasteiger partial charge on any atom is -0.477 e. The fraction of sp³-hybridized carbons (Fsp3) is 0. The second kappa shape index (κ2) is 5.47. The quantitative estimate of drug-likeness (QED) is 0.470. The van der Waals surface area contributed by atoms with Crippen molar-refractivity contribution in [1.29, 1.82) is 0 Å². The third-order valence-electron chi connectivity index (χ3n) is 2.78. The zero-order valence-corrected chi connectivity index (χ0v) is 12.1. The largest absolute Gasteiger partial charge is 0.477 e. The highest BCUT2D eigenvalue weighted by Crippen LogP contribution is 2.41. The smallest absolute Gasteiger partial charge is 0.346 e. The van der Waals surface area contributed by atoms with Crippen molar-refractivity contribution in [3.05, 3.63) is 50.1 Å². The fourth-order valence-electron chi connectivity index (χ4n) is 1.95. The monoisotopic (exact) mass is 404 g/mol. The van der Waals surface area contributed by atoms with Crippen LogP contribution in [0.3, 0.4) is 0 Å². The van der Waals surface area contributed by atoms with Gasteiger partial charge in [0.1, 0.15) is 0 Å². The van der Waals surface area contributed by atoms with E-state index in [1.807, 2.05) is 0 Å². The van der Waals surface area contributed by atoms with Gasteiger partial charge in [0, 0.05) is 17.5 Å². The molecule has 0 fully saturated rings. The topological polar surface area (TPSA) is 133 Å². The number of carboxylic acids is 1. The Morgan fingerprint density at radius 2 is 1.76 bits per heavy atom. The van der Waals surface area contributed by atoms with Gasteiger partial charge in [-0.05, 0) is 0 Å². The molecule has 0 bridgehead atoms. The van der Waals surface area contributed by atoms with Crippen LogP contribution in [-0.2, 0) is 0 Å². The molecule has 0 aliphatic carbocycles. The van der Waals surface area contributed by atoms with Crippen LogP contribution in [0.25, 0.3) is 10.8 Å². The van der Waals surface area contributed by atoms with Gasteiger partial charge in [0.05, 0.1) is 15.2 Å². The standard InChI is InChI=1S/C11H5IN2O7/c12-21-10-5-2-1-3-7(13(17)18)6(5)4-8(14(19)20)9(10)11(15)16/h1-4H,(H,15,16). The van der Waals surface area contributed by atoms with Gasteiger partial charge >= 0.3 is 5.97 Å². The van der Waals surface area contributed by atoms with E-state index in [4.69, 9.17) is 8.17 Å². The molecule has 0 amide bonds. The highest BCUT2D eigenvalue weighted by molar-refractivity contribution is 14.1. The number of carbonyl (C=O) groups is 1. The molecule has 0 heterocycles. The van der Waals surface area contributed by atoms with Gasteiger partial charge in [0.25, 0.3) is 11.4 Å². The summed E-state index contributed by atoms with van der Waals surface area (Å²) in [6.07, 6.45) is 0. The van der Waals surface area contributed by atoms with E-state index < -0.39 is 27.1 Å². The first-order valence-electron chi connectivity index (χ1n) is 5.29. The lowest BCUT2D eigenvalue weighted by molar-refractivity contribution is -0.386. The van der Waals surface area contributed by atoms with E-state index in [1.165, 1.54) is 41.2 Å². The van der Waals surface area contributed by atoms with Crippen molar-refractivity contribution in [2.24, 2.45) is 0 Å². The highest BCUT2D eigenvalue weighted by atomic mass is 127. The molecule has 0 radical (unpaired) electrons. The van der Waals surface area contributed by atoms with Crippen LogP contribution in [0, 0.1) is 20.2 Å². The maximum absolute atomic E-state index is 11.2. The molecule has 2 aromatic carbocycles. The second-order valence-corrected chi connectivity index (χ2v) is 4.31. The van der Waals surface area contributed by atoms with Crippen LogP contribution in [0.15, 0.2) is 24.3 Å². The van der Waals surface area contributed by atoms with Crippen LogP contribution in [0.1, 0.15) is 10.4 Å². The average Bonchev–Trinajstić information content (AvgIpc) is 2.43. The Morgan fingerprint density at radius 1 is 1.14 bits per heavy atom. The maximum atomic E-state index is 11.2. The van der Waals surface area contributed by atoms with Gasteiger partial charge in [0.2, 0.25) is 0 Å². The number of nitrogens with zero attached hydrogens (tertiary/aromatic N) is 2. The van der Waals surface area contributed by atoms with Gasteiger partial charge in [-0.3, -0.25) is 20.2 Å². The summed E-state index contributed by atoms with van der Waals surface area (Å²) in [6, 6.07) is 4.78. The number of hydrogen-bond acceptors (Lipinski definition) is 6. The third-order valence-corrected chi connectivity index (χ3v) is 3.22. The predicted molar refractivity (Wildman–Crippen MR) is 78.9 cm³/mol. The van der Waals surface area contributed by atoms with Crippen LogP contribution >= 0.6 is 23.0 Å². The average molecular weight is 404 g/mol. The summed E-state index contributed by atoms with van der Waals surface area (Å²) in [5.74, 6) is -1.85. The molecule has 21 heavy (non-hydrogen) atoms. The van der Waals surface area contributed by atoms with Crippen LogP contribution in [0.2, 0.25) is 0 Å². The second-order valence-electron chi connectivity index (χ2n) is 3.87. The van der Waals surface area contributed by atoms with Gasteiger partial charge < -0.3 is 8.17 Å². The number of halogens is 1. The Bertz CT molecular complexity index is 790. The first-order valence-corrected chi connectivity index (χ1v) is 6.17. The molecule has 0 saturated carbocycles. The Hall–Kier alpha value is -2.50. The highest BCUT2D eigenvalue weighted by Gasteiger charge is 2.30. The number of benzene rings is 2. The van der Waals surface area contributed by atoms with Crippen LogP contribution in [0.4, 0.5) is 11.4 Å². The van der Waals surface area contributed by atoms with Crippen molar-refractivity contribution in [2.75, 3.05) is 0 Å². The number of rotatable bonds is 4. The molecule has 10 heteroatoms. The van der Waals surface area contributed by atoms with E-state index in [-0.39, 0.29) is 22.2 Å². The van der Waals surface area contributed by atoms with Gasteiger partial charge in [-0.25, -0.2) is 4.79 Å². The maximum Gasteiger partial charge on any atom is 0.346 e. The number of carboxylic acid groups (broad SMARTS) is 1. The van der Waals surface area contributed by atoms with Gasteiger partial charge in [-0.1, -0.05) is 12.1 Å². The summed E-state index contributed by atoms with van der Waals surface area (Å²) in [5, 5.41) is 31.2. The van der Waals surface area contributed by atoms with E-state index in [0.717, 1.165) is 6.07 Å². The molecule has 0 aromatic heterocycles. The minimum absolute atomic E-state index is 0.0640. The molecule has 108 valence electrons. The summed E-state index contributed by atoms with van der Waals surface area (Å²) < 4.78 is 4.91. The SMILES string of the molecule is O=C(O)c1c([N+](=O)[O-])cc2c([N+](=O)[O-])cccc2c1OI. The van der Waals surface area contributed by atoms with E-state index >= 15 is 0 Å². The zero-order valence-electron chi connectivity index (χ0n) is 9.98. The van der Waals surface area contributed by atoms with Crippen molar-refractivity contribution < 1.29 is 22.8 Å². The summed E-state index contributed by atoms with van der Waals surface area (Å²) in [7, 11) is 0. The molecule has 1 N–H and O–H groups in total. The molecule has 0 aliphatic heterocycles. The molecule has 9 nitrogen and oxygen atoms in total. The lowest BCUT2D eigenvalue weighted by Crippen LogP contribution is -2.05. The molecule has 0 unspecified atom stereocenters. The molecule has 0 spiro atoms. The van der Waals surface area contributed by atoms with Gasteiger partial charge in [-0.15, -0.1) is 0 Å². The van der Waals surface area contributed by atoms with E-state index in [0.29, 0.717) is 0 Å². The van der Waals surface area contributed by atoms with Crippen molar-refractivity contribution >= 4 is 51.1 Å². The normalized spacial score (nSPS) is 10.3. The molecular formula is C11H5IN2O7. The number of hydrogen-bond donors (Lipinski definition) is 1. The molecule has 0 atom stereocenters. The van der Waals surface area contributed by atoms with Crippen LogP contribution in [0.5, 0.6) is 5.75 Å². The van der Waals surface area contributed by atoms with E-state index in [1.54, 1.807) is 0 Å². The Labute approximate surface area is 130 Å². The zero-order chi connectivity index (χ0) is 15.7. The molecule has 0 saturated heterocycles. The van der Waals surface area contributed by atoms with Crippen molar-refractivity contribution in [3.8, 4) is 5.75 Å². The van der Waals surface area contributed by atoms with Crippen LogP contribution in [-0.4, -0.2) is 20.9 Å². The Balaban J connectivity index is 3.05. The summed E-state index contributed by atoms with van der Waals surface area (Å²) in [4.78, 5) is 31.6. The fourth-order valence-corrected chi connectivity index (χ4v) is 2.41. The van der Waals surface area contributed by atoms with E-state index in [9.17, 15) is 25.0 Å². The minimum atomic E-state index is -1.55. The third kappa shape index (κ3) is 2.44. The summed E-state index contributed by atoms with van der Waals surface area (Å²) >= 11 is 1.37. The van der Waals surface area contributed by atoms with Crippen molar-refractivity contribution in [2.45, 2.75) is 0 Å². The van der Waals surface area contributed by atoms with Gasteiger partial charge in [0.15, 0.2) is 34.3 Å². The first kappa shape index (κ1) is 14.9. The number of aromatic carboxylic acids is 1. The number of nitro benzene ring substituents is 2. The Morgan fingerprint density at radius 3 is 2.24 bits per heavy atom. The lowest BCUT2D eigenvalue weighted by Gasteiger charge is -2.08. The molecule has 2 rings (SSSR count). The van der Waals surface area contributed by atoms with E-state index in [2.05, 4.69) is 0 Å². The molecular weight excluding hydrogens is 399 g/mol. The predicted octanol–water partition coefficient (Wildman–Crippen LogP) is 3.08. The number of fused-ring (bicyclic) bond motifs is 1. The van der Waals surface area contributed by atoms with Crippen molar-refractivity contribution in [1.82, 2.24) is 0 Å². The van der Waals surface area contributed by atoms with Gasteiger partial charge in [-0.2, -0.15) is 0 Å². The summed E-state index contributed by atoms with van der Waals surface area (Å²) in [6.45, 7) is 0. The number of nitro groups is 2. The number of non-ortho nitro benzene ring substituents is 1. The molecule has 2 aromatic rings. The molecule has 0 aliphatic rings. The lowest BCUT2D eigenvalue weighted by atomic mass is 10.0. The van der Waals surface area contributed by atoms with Crippen LogP contribution < -0.4 is 3.07 Å². The summed E-state index contributed by atoms with van der Waals surface area (Å²) in [5.41, 5.74) is -1.79. The van der Waals surface area contributed by atoms with Crippen molar-refractivity contribution in [3.63, 3.8) is 0 Å². The first-order chi connectivity index (χ1) is 9.88. The Kier molecular flexibility index (Phi) is 3.88.